The van der Waals surface area contributed by atoms with Gasteiger partial charge < -0.3 is 4.42 Å². The maximum absolute atomic E-state index is 13.0. The number of hydrogen-bond acceptors (Lipinski definition) is 6. The molecule has 0 aliphatic carbocycles. The SMILES string of the molecule is Cc1ccc(N2C(=O)NC(=O)C(=Cc3ccc(-c4ccc([N+](=O)[O-])cc4)o3)C2=O)cc1Cl. The Morgan fingerprint density at radius 2 is 1.78 bits per heavy atom. The van der Waals surface area contributed by atoms with Gasteiger partial charge in [0.2, 0.25) is 0 Å². The zero-order valence-electron chi connectivity index (χ0n) is 16.5. The van der Waals surface area contributed by atoms with E-state index in [1.54, 1.807) is 25.1 Å². The quantitative estimate of drug-likeness (QED) is 0.270. The number of barbiturate groups is 1. The van der Waals surface area contributed by atoms with E-state index in [4.69, 9.17) is 16.0 Å². The number of nitro groups is 1. The molecule has 1 aromatic heterocycles. The Kier molecular flexibility index (Phi) is 5.33. The molecule has 1 saturated heterocycles. The number of nitrogens with zero attached hydrogens (tertiary/aromatic N) is 2. The monoisotopic (exact) mass is 451 g/mol. The van der Waals surface area contributed by atoms with Crippen LogP contribution >= 0.6 is 11.6 Å². The van der Waals surface area contributed by atoms with Crippen LogP contribution in [0, 0.1) is 17.0 Å². The number of benzene rings is 2. The summed E-state index contributed by atoms with van der Waals surface area (Å²) in [6.07, 6.45) is 1.22. The number of rotatable bonds is 4. The van der Waals surface area contributed by atoms with Gasteiger partial charge in [-0.25, -0.2) is 9.69 Å². The smallest absolute Gasteiger partial charge is 0.335 e. The lowest BCUT2D eigenvalue weighted by atomic mass is 10.1. The number of anilines is 1. The molecule has 0 bridgehead atoms. The Morgan fingerprint density at radius 1 is 1.06 bits per heavy atom. The minimum absolute atomic E-state index is 0.0620. The minimum Gasteiger partial charge on any atom is -0.457 e. The molecule has 1 aliphatic heterocycles. The van der Waals surface area contributed by atoms with E-state index in [9.17, 15) is 24.5 Å². The van der Waals surface area contributed by atoms with E-state index >= 15 is 0 Å². The first-order chi connectivity index (χ1) is 15.2. The third-order valence-corrected chi connectivity index (χ3v) is 5.20. The van der Waals surface area contributed by atoms with E-state index in [0.717, 1.165) is 10.5 Å². The molecule has 0 saturated carbocycles. The van der Waals surface area contributed by atoms with Crippen molar-refractivity contribution < 1.29 is 23.7 Å². The molecule has 0 radical (unpaired) electrons. The summed E-state index contributed by atoms with van der Waals surface area (Å²) in [5, 5.41) is 13.3. The number of carbonyl (C=O) groups excluding carboxylic acids is 3. The standard InChI is InChI=1S/C22H14ClN3O6/c1-12-2-5-15(10-18(12)23)25-21(28)17(20(27)24-22(25)29)11-16-8-9-19(32-16)13-3-6-14(7-4-13)26(30)31/h2-11H,1H3,(H,24,27,29). The lowest BCUT2D eigenvalue weighted by Crippen LogP contribution is -2.54. The van der Waals surface area contributed by atoms with Crippen molar-refractivity contribution in [2.75, 3.05) is 4.90 Å². The van der Waals surface area contributed by atoms with E-state index in [2.05, 4.69) is 5.32 Å². The fraction of sp³-hybridized carbons (Fsp3) is 0.0455. The number of urea groups is 1. The fourth-order valence-corrected chi connectivity index (χ4v) is 3.26. The lowest BCUT2D eigenvalue weighted by molar-refractivity contribution is -0.384. The van der Waals surface area contributed by atoms with Crippen LogP contribution < -0.4 is 10.2 Å². The molecule has 2 aromatic carbocycles. The van der Waals surface area contributed by atoms with Crippen LogP contribution in [0.4, 0.5) is 16.2 Å². The Bertz CT molecular complexity index is 1310. The molecule has 0 atom stereocenters. The number of amides is 4. The van der Waals surface area contributed by atoms with Gasteiger partial charge in [0.1, 0.15) is 17.1 Å². The van der Waals surface area contributed by atoms with Crippen LogP contribution in [0.5, 0.6) is 0 Å². The number of hydrogen-bond donors (Lipinski definition) is 1. The highest BCUT2D eigenvalue weighted by molar-refractivity contribution is 6.39. The van der Waals surface area contributed by atoms with Crippen molar-refractivity contribution >= 4 is 46.9 Å². The van der Waals surface area contributed by atoms with Crippen molar-refractivity contribution in [3.05, 3.63) is 86.6 Å². The van der Waals surface area contributed by atoms with Crippen LogP contribution in [0.1, 0.15) is 11.3 Å². The van der Waals surface area contributed by atoms with E-state index < -0.39 is 22.8 Å². The molecule has 160 valence electrons. The number of non-ortho nitro benzene ring substituents is 1. The van der Waals surface area contributed by atoms with Crippen LogP contribution in [0.3, 0.4) is 0 Å². The van der Waals surface area contributed by atoms with Crippen LogP contribution in [0.25, 0.3) is 17.4 Å². The van der Waals surface area contributed by atoms with Gasteiger partial charge in [0.25, 0.3) is 17.5 Å². The topological polar surface area (TPSA) is 123 Å². The predicted octanol–water partition coefficient (Wildman–Crippen LogP) is 4.48. The Labute approximate surface area is 186 Å². The van der Waals surface area contributed by atoms with Crippen molar-refractivity contribution in [1.29, 1.82) is 0 Å². The second-order valence-corrected chi connectivity index (χ2v) is 7.30. The molecule has 4 amide bonds. The average Bonchev–Trinajstić information content (AvgIpc) is 3.22. The van der Waals surface area contributed by atoms with Crippen molar-refractivity contribution in [3.8, 4) is 11.3 Å². The number of imide groups is 2. The minimum atomic E-state index is -0.886. The van der Waals surface area contributed by atoms with Gasteiger partial charge in [-0.1, -0.05) is 17.7 Å². The Morgan fingerprint density at radius 3 is 2.44 bits per heavy atom. The number of carbonyl (C=O) groups is 3. The second-order valence-electron chi connectivity index (χ2n) is 6.90. The highest BCUT2D eigenvalue weighted by atomic mass is 35.5. The van der Waals surface area contributed by atoms with Gasteiger partial charge in [-0.2, -0.15) is 0 Å². The highest BCUT2D eigenvalue weighted by Crippen LogP contribution is 2.28. The third kappa shape index (κ3) is 3.88. The van der Waals surface area contributed by atoms with Crippen molar-refractivity contribution in [2.24, 2.45) is 0 Å². The molecule has 10 heteroatoms. The lowest BCUT2D eigenvalue weighted by Gasteiger charge is -2.26. The van der Waals surface area contributed by atoms with Crippen LogP contribution in [0.15, 0.2) is 64.6 Å². The number of furan rings is 1. The third-order valence-electron chi connectivity index (χ3n) is 4.79. The van der Waals surface area contributed by atoms with Gasteiger partial charge in [-0.15, -0.1) is 0 Å². The largest absolute Gasteiger partial charge is 0.457 e. The highest BCUT2D eigenvalue weighted by Gasteiger charge is 2.37. The zero-order valence-corrected chi connectivity index (χ0v) is 17.3. The number of halogens is 1. The van der Waals surface area contributed by atoms with Gasteiger partial charge in [-0.05, 0) is 55.0 Å². The summed E-state index contributed by atoms with van der Waals surface area (Å²) in [4.78, 5) is 48.7. The molecule has 0 spiro atoms. The van der Waals surface area contributed by atoms with Crippen molar-refractivity contribution in [2.45, 2.75) is 6.92 Å². The number of nitro benzene ring substituents is 1. The van der Waals surface area contributed by atoms with E-state index in [1.807, 2.05) is 0 Å². The molecule has 1 aliphatic rings. The van der Waals surface area contributed by atoms with Crippen LogP contribution in [-0.4, -0.2) is 22.8 Å². The van der Waals surface area contributed by atoms with Crippen molar-refractivity contribution in [3.63, 3.8) is 0 Å². The molecule has 9 nitrogen and oxygen atoms in total. The molecule has 4 rings (SSSR count). The van der Waals surface area contributed by atoms with Gasteiger partial charge in [0.05, 0.1) is 10.6 Å². The molecule has 1 fully saturated rings. The first-order valence-corrected chi connectivity index (χ1v) is 9.64. The average molecular weight is 452 g/mol. The summed E-state index contributed by atoms with van der Waals surface area (Å²) in [7, 11) is 0. The Balaban J connectivity index is 1.65. The Hall–Kier alpha value is -4.24. The maximum atomic E-state index is 13.0. The summed E-state index contributed by atoms with van der Waals surface area (Å²) in [5.41, 5.74) is 1.19. The fourth-order valence-electron chi connectivity index (χ4n) is 3.09. The summed E-state index contributed by atoms with van der Waals surface area (Å²) in [5.74, 6) is -1.11. The molecular weight excluding hydrogens is 438 g/mol. The summed E-state index contributed by atoms with van der Waals surface area (Å²) in [6.45, 7) is 1.78. The van der Waals surface area contributed by atoms with Crippen LogP contribution in [-0.2, 0) is 9.59 Å². The van der Waals surface area contributed by atoms with E-state index in [0.29, 0.717) is 16.3 Å². The molecule has 0 unspecified atom stereocenters. The van der Waals surface area contributed by atoms with Crippen molar-refractivity contribution in [1.82, 2.24) is 5.32 Å². The first kappa shape index (κ1) is 21.0. The summed E-state index contributed by atoms with van der Waals surface area (Å²) >= 11 is 6.11. The number of nitrogens with one attached hydrogen (secondary N) is 1. The molecule has 32 heavy (non-hydrogen) atoms. The van der Waals surface area contributed by atoms with Gasteiger partial charge in [0, 0.05) is 22.7 Å². The first-order valence-electron chi connectivity index (χ1n) is 9.27. The summed E-state index contributed by atoms with van der Waals surface area (Å²) < 4.78 is 5.67. The van der Waals surface area contributed by atoms with E-state index in [-0.39, 0.29) is 22.7 Å². The normalized spacial score (nSPS) is 15.2. The summed E-state index contributed by atoms with van der Waals surface area (Å²) in [6, 6.07) is 12.6. The molecule has 2 heterocycles. The van der Waals surface area contributed by atoms with E-state index in [1.165, 1.54) is 42.5 Å². The maximum Gasteiger partial charge on any atom is 0.335 e. The molecular formula is C22H14ClN3O6. The second kappa shape index (κ2) is 8.12. The van der Waals surface area contributed by atoms with Crippen LogP contribution in [0.2, 0.25) is 5.02 Å². The predicted molar refractivity (Wildman–Crippen MR) is 116 cm³/mol. The van der Waals surface area contributed by atoms with Gasteiger partial charge in [-0.3, -0.25) is 25.0 Å². The number of aryl methyl sites for hydroxylation is 1. The zero-order chi connectivity index (χ0) is 23.0. The van der Waals surface area contributed by atoms with Gasteiger partial charge >= 0.3 is 6.03 Å². The molecule has 3 aromatic rings. The van der Waals surface area contributed by atoms with Gasteiger partial charge in [0.15, 0.2) is 0 Å². The molecule has 1 N–H and O–H groups in total.